The fourth-order valence-electron chi connectivity index (χ4n) is 20.1. The molecule has 24 bridgehead atoms. The van der Waals surface area contributed by atoms with Crippen LogP contribution in [-0.2, 0) is 80.5 Å². The molecule has 0 saturated carbocycles. The zero-order chi connectivity index (χ0) is 91.2. The number of H-pyrrole nitrogens is 8. The maximum absolute atomic E-state index is 5.03. The minimum atomic E-state index is 0.724. The van der Waals surface area contributed by atoms with Crippen molar-refractivity contribution < 1.29 is 0 Å². The minimum absolute atomic E-state index is 0.724. The number of fused-ring (bicyclic) bond motifs is 32. The van der Waals surface area contributed by atoms with E-state index in [0.717, 1.165) is 275 Å². The number of nitrogens with one attached hydrogen (secondary N) is 8. The predicted octanol–water partition coefficient (Wildman–Crippen LogP) is 19.3. The Labute approximate surface area is 777 Å². The maximum atomic E-state index is 5.03. The van der Waals surface area contributed by atoms with Crippen LogP contribution in [-0.4, -0.2) is 178 Å². The first-order chi connectivity index (χ1) is 66.5. The summed E-state index contributed by atoms with van der Waals surface area (Å²) in [6.45, 7) is 6.45. The summed E-state index contributed by atoms with van der Waals surface area (Å²) in [6.07, 6.45) is 13.4. The highest BCUT2D eigenvalue weighted by molar-refractivity contribution is 6.04. The molecule has 664 valence electrons. The van der Waals surface area contributed by atoms with Gasteiger partial charge in [-0.15, -0.1) is 0 Å². The van der Waals surface area contributed by atoms with Crippen molar-refractivity contribution >= 4 is 87.7 Å². The highest BCUT2D eigenvalue weighted by atomic mass is 15.3. The summed E-state index contributed by atoms with van der Waals surface area (Å²) >= 11 is 0. The normalized spacial score (nSPS) is 13.8. The number of imidazole rings is 4. The molecular formula is C106H90N30. The average molecular weight is 1780 g/mol. The molecule has 14 aromatic heterocycles. The van der Waals surface area contributed by atoms with E-state index in [4.69, 9.17) is 24.9 Å². The van der Waals surface area contributed by atoms with Crippen LogP contribution in [0.1, 0.15) is 45.0 Å². The van der Waals surface area contributed by atoms with E-state index >= 15 is 0 Å². The van der Waals surface area contributed by atoms with E-state index in [9.17, 15) is 0 Å². The van der Waals surface area contributed by atoms with Crippen LogP contribution < -0.4 is 0 Å². The van der Waals surface area contributed by atoms with E-state index in [1.807, 2.05) is 96.4 Å². The number of aromatic nitrogens is 26. The fourth-order valence-corrected chi connectivity index (χ4v) is 20.1. The highest BCUT2D eigenvalue weighted by Crippen LogP contribution is 2.43. The van der Waals surface area contributed by atoms with Gasteiger partial charge in [0, 0.05) is 159 Å². The lowest BCUT2D eigenvalue weighted by Crippen LogP contribution is -2.19. The number of pyridine rings is 2. The van der Waals surface area contributed by atoms with Gasteiger partial charge in [-0.1, -0.05) is 121 Å². The third-order valence-electron chi connectivity index (χ3n) is 26.9. The maximum Gasteiger partial charge on any atom is 0.159 e. The largest absolute Gasteiger partial charge is 0.337 e. The molecule has 0 saturated heterocycles. The third-order valence-corrected chi connectivity index (χ3v) is 26.9. The lowest BCUT2D eigenvalue weighted by atomic mass is 10.0. The van der Waals surface area contributed by atoms with Gasteiger partial charge < -0.3 is 19.9 Å². The van der Waals surface area contributed by atoms with Gasteiger partial charge >= 0.3 is 0 Å². The molecule has 0 amide bonds. The number of hydrogen-bond donors (Lipinski definition) is 8. The summed E-state index contributed by atoms with van der Waals surface area (Å²) in [5.74, 6) is 2.98. The number of hydrogen-bond acceptors (Lipinski definition) is 18. The molecule has 18 heterocycles. The Kier molecular flexibility index (Phi) is 19.3. The van der Waals surface area contributed by atoms with Gasteiger partial charge in [0.15, 0.2) is 23.3 Å². The summed E-state index contributed by atoms with van der Waals surface area (Å²) in [5, 5.41) is 53.6. The molecular weight excluding hydrogens is 1690 g/mol. The minimum Gasteiger partial charge on any atom is -0.337 e. The molecule has 4 aliphatic heterocycles. The van der Waals surface area contributed by atoms with Crippen molar-refractivity contribution in [3.8, 4) is 135 Å². The smallest absolute Gasteiger partial charge is 0.159 e. The van der Waals surface area contributed by atoms with Gasteiger partial charge in [0.2, 0.25) is 0 Å². The second-order valence-corrected chi connectivity index (χ2v) is 36.2. The van der Waals surface area contributed by atoms with Crippen LogP contribution >= 0.6 is 0 Å². The molecule has 0 atom stereocenters. The molecule has 30 nitrogen and oxygen atoms in total. The van der Waals surface area contributed by atoms with Crippen molar-refractivity contribution in [3.63, 3.8) is 0 Å². The summed E-state index contributed by atoms with van der Waals surface area (Å²) < 4.78 is 7.89. The Morgan fingerprint density at radius 1 is 0.235 bits per heavy atom. The zero-order valence-electron chi connectivity index (χ0n) is 75.7. The lowest BCUT2D eigenvalue weighted by molar-refractivity contribution is 0.310. The van der Waals surface area contributed by atoms with Gasteiger partial charge in [0.05, 0.1) is 120 Å². The molecule has 0 fully saturated rings. The number of aryl methyl sites for hydroxylation is 4. The van der Waals surface area contributed by atoms with Crippen molar-refractivity contribution in [2.24, 2.45) is 28.2 Å². The molecule has 0 spiro atoms. The van der Waals surface area contributed by atoms with Crippen LogP contribution in [0.3, 0.4) is 0 Å². The summed E-state index contributed by atoms with van der Waals surface area (Å²) in [6, 6.07) is 74.8. The van der Waals surface area contributed by atoms with E-state index < -0.39 is 0 Å². The van der Waals surface area contributed by atoms with Gasteiger partial charge in [0.25, 0.3) is 0 Å². The number of rotatable bonds is 0. The van der Waals surface area contributed by atoms with E-state index in [0.29, 0.717) is 0 Å². The quantitative estimate of drug-likeness (QED) is 0.0699. The van der Waals surface area contributed by atoms with E-state index in [2.05, 4.69) is 340 Å². The lowest BCUT2D eigenvalue weighted by Gasteiger charge is -2.19. The standard InChI is InChI=1S/2C27H23N7.2C26H22N8/c2*1-33-14-16-5-3-6-17(11-16)19-7-4-8-23-25(19)30-27(29-23)26-20-12-18(9-10-22(20)31-32-26)21-13-28-34(2)24(21)15-33;1-33-13-15-4-3-5-16(8-15)20-10-27-12-22-24(20)30-26(29-22)25-18-9-17(6-7-21(18)31-32-25)19-11-28-34(2)23(19)14-33;1-33-13-15-4-3-5-17(10-15)23-25-21(8-9-27-23)29-26(30-25)24-18-11-16(6-7-20(18)31-32-24)19-12-28-34(2)22(19)14-33/h2*3-13H,14-15H2,1-2H3,(H,29,30)(H,31,32);2*3-12H,13-14H2,1-2H3,(H,29,30)(H,31,32). The molecule has 10 aromatic carbocycles. The van der Waals surface area contributed by atoms with Crippen LogP contribution in [0.4, 0.5) is 0 Å². The van der Waals surface area contributed by atoms with Gasteiger partial charge in [0.1, 0.15) is 28.3 Å². The zero-order valence-corrected chi connectivity index (χ0v) is 75.7. The van der Waals surface area contributed by atoms with Gasteiger partial charge in [-0.2, -0.15) is 40.8 Å². The number of benzene rings is 10. The molecule has 28 rings (SSSR count). The Hall–Kier alpha value is -17.1. The van der Waals surface area contributed by atoms with Crippen molar-refractivity contribution in [1.82, 2.24) is 149 Å². The Bertz CT molecular complexity index is 7820. The molecule has 0 radical (unpaired) electrons. The number of nitrogens with zero attached hydrogens (tertiary/aromatic N) is 22. The molecule has 30 heteroatoms. The monoisotopic (exact) mass is 1780 g/mol. The van der Waals surface area contributed by atoms with Gasteiger partial charge in [-0.05, 0) is 180 Å². The third kappa shape index (κ3) is 14.4. The first kappa shape index (κ1) is 81.0. The molecule has 0 aliphatic carbocycles. The molecule has 4 aliphatic rings. The molecule has 24 aromatic rings. The van der Waals surface area contributed by atoms with E-state index in [1.165, 1.54) is 45.0 Å². The van der Waals surface area contributed by atoms with Crippen molar-refractivity contribution in [3.05, 3.63) is 301 Å². The summed E-state index contributed by atoms with van der Waals surface area (Å²) in [7, 11) is 16.6. The van der Waals surface area contributed by atoms with E-state index in [-0.39, 0.29) is 0 Å². The summed E-state index contributed by atoms with van der Waals surface area (Å²) in [5.41, 5.74) is 41.9. The molecule has 0 unspecified atom stereocenters. The number of aromatic amines is 8. The fraction of sp³-hybridized carbons (Fsp3) is 0.151. The first-order valence-electron chi connectivity index (χ1n) is 45.3. The van der Waals surface area contributed by atoms with Crippen LogP contribution in [0, 0.1) is 0 Å². The van der Waals surface area contributed by atoms with Crippen molar-refractivity contribution in [2.75, 3.05) is 28.2 Å². The van der Waals surface area contributed by atoms with Gasteiger partial charge in [-0.3, -0.25) is 68.7 Å². The highest BCUT2D eigenvalue weighted by Gasteiger charge is 2.28. The van der Waals surface area contributed by atoms with Crippen LogP contribution in [0.25, 0.3) is 223 Å². The van der Waals surface area contributed by atoms with Crippen molar-refractivity contribution in [1.29, 1.82) is 0 Å². The van der Waals surface area contributed by atoms with E-state index in [1.54, 1.807) is 0 Å². The predicted molar refractivity (Wildman–Crippen MR) is 532 cm³/mol. The van der Waals surface area contributed by atoms with Crippen LogP contribution in [0.5, 0.6) is 0 Å². The summed E-state index contributed by atoms with van der Waals surface area (Å²) in [4.78, 5) is 52.4. The van der Waals surface area contributed by atoms with Crippen LogP contribution in [0.2, 0.25) is 0 Å². The second kappa shape index (κ2) is 32.4. The van der Waals surface area contributed by atoms with Crippen LogP contribution in [0.15, 0.2) is 256 Å². The number of para-hydroxylation sites is 2. The molecule has 8 N–H and O–H groups in total. The Balaban J connectivity index is 0.0000000965. The Morgan fingerprint density at radius 2 is 0.537 bits per heavy atom. The van der Waals surface area contributed by atoms with Gasteiger partial charge in [-0.25, -0.2) is 19.9 Å². The Morgan fingerprint density at radius 3 is 0.904 bits per heavy atom. The topological polar surface area (TPSA) is 339 Å². The second-order valence-electron chi connectivity index (χ2n) is 36.2. The van der Waals surface area contributed by atoms with Crippen molar-refractivity contribution in [2.45, 2.75) is 52.4 Å². The SMILES string of the molecule is CN1Cc2cccc(c2)-c2cccc3[nH]c(nc23)-c2n[nH]c3ccc(cc23)-c2cnn(C)c2C1.CN1Cc2cccc(c2)-c2cccc3[nH]c(nc23)-c2n[nH]c3ccc(cc23)-c2cnn(C)c2C1.CN1Cc2cccc(c2)-c2cncc3[nH]c(nc23)-c2n[nH]c3ccc(cc23)-c2cnn(C)c2C1.CN1Cc2cccc(c2)-c2nccc3[nH]c(nc23)-c2n[nH]c3ccc(cc23)-c2cnn(C)c2C1. The molecule has 136 heavy (non-hydrogen) atoms. The first-order valence-corrected chi connectivity index (χ1v) is 45.3. The average Bonchev–Trinajstić information content (AvgIpc) is 1.62.